The van der Waals surface area contributed by atoms with Gasteiger partial charge >= 0.3 is 5.97 Å². The smallest absolute Gasteiger partial charge is 0.333 e. The van der Waals surface area contributed by atoms with Gasteiger partial charge in [0, 0.05) is 40.7 Å². The molecule has 0 radical (unpaired) electrons. The number of hydroxylamine groups is 2. The summed E-state index contributed by atoms with van der Waals surface area (Å²) in [5.74, 6) is -2.09. The van der Waals surface area contributed by atoms with Gasteiger partial charge in [0.25, 0.3) is 11.8 Å². The van der Waals surface area contributed by atoms with Crippen LogP contribution in [0.5, 0.6) is 0 Å². The molecule has 0 bridgehead atoms. The molecule has 1 aliphatic rings. The van der Waals surface area contributed by atoms with Crippen LogP contribution in [0, 0.1) is 0 Å². The van der Waals surface area contributed by atoms with Crippen molar-refractivity contribution in [3.8, 4) is 0 Å². The molecule has 218 valence electrons. The number of benzene rings is 4. The van der Waals surface area contributed by atoms with E-state index in [2.05, 4.69) is 5.73 Å². The zero-order chi connectivity index (χ0) is 31.4. The van der Waals surface area contributed by atoms with Gasteiger partial charge in [0.1, 0.15) is 0 Å². The van der Waals surface area contributed by atoms with E-state index in [9.17, 15) is 28.8 Å². The minimum atomic E-state index is -0.822. The van der Waals surface area contributed by atoms with Crippen LogP contribution in [-0.4, -0.2) is 47.2 Å². The quantitative estimate of drug-likeness (QED) is 0.243. The molecule has 0 saturated carbocycles. The van der Waals surface area contributed by atoms with Crippen molar-refractivity contribution in [2.24, 2.45) is 5.73 Å². The van der Waals surface area contributed by atoms with Gasteiger partial charge in [-0.2, -0.15) is 0 Å². The molecular formula is C34H30N2O7. The van der Waals surface area contributed by atoms with Crippen molar-refractivity contribution in [1.82, 2.24) is 5.06 Å². The van der Waals surface area contributed by atoms with Gasteiger partial charge in [-0.05, 0) is 26.1 Å². The van der Waals surface area contributed by atoms with Crippen LogP contribution >= 0.6 is 0 Å². The molecule has 1 heterocycles. The predicted molar refractivity (Wildman–Crippen MR) is 159 cm³/mol. The molecule has 1 fully saturated rings. The molecule has 9 heteroatoms. The SMILES string of the molecule is CC(=O)c1ccc(C(=O)c2ccccc2)cc1.CN.O=C(ON1C(=O)CCC1=O)c1ccc(C(=O)c2ccccc2)cc1. The summed E-state index contributed by atoms with van der Waals surface area (Å²) in [5.41, 5.74) is 7.48. The molecule has 2 amide bonds. The molecule has 0 spiro atoms. The predicted octanol–water partition coefficient (Wildman–Crippen LogP) is 4.83. The van der Waals surface area contributed by atoms with Crippen LogP contribution in [0.25, 0.3) is 0 Å². The van der Waals surface area contributed by atoms with Gasteiger partial charge in [0.15, 0.2) is 17.3 Å². The highest BCUT2D eigenvalue weighted by Crippen LogP contribution is 2.16. The van der Waals surface area contributed by atoms with Crippen LogP contribution < -0.4 is 5.73 Å². The van der Waals surface area contributed by atoms with Crippen molar-refractivity contribution in [2.45, 2.75) is 19.8 Å². The van der Waals surface area contributed by atoms with Crippen molar-refractivity contribution in [3.05, 3.63) is 143 Å². The second kappa shape index (κ2) is 15.5. The van der Waals surface area contributed by atoms with Gasteiger partial charge in [0.05, 0.1) is 5.56 Å². The van der Waals surface area contributed by atoms with Crippen LogP contribution in [0.3, 0.4) is 0 Å². The minimum Gasteiger partial charge on any atom is -0.333 e. The van der Waals surface area contributed by atoms with Gasteiger partial charge in [-0.25, -0.2) is 4.79 Å². The number of amides is 2. The van der Waals surface area contributed by atoms with E-state index in [1.807, 2.05) is 24.3 Å². The van der Waals surface area contributed by atoms with Crippen molar-refractivity contribution in [2.75, 3.05) is 7.05 Å². The highest BCUT2D eigenvalue weighted by atomic mass is 16.7. The summed E-state index contributed by atoms with van der Waals surface area (Å²) in [6, 6.07) is 30.4. The third kappa shape index (κ3) is 8.48. The maximum atomic E-state index is 12.3. The van der Waals surface area contributed by atoms with Crippen LogP contribution in [0.4, 0.5) is 0 Å². The topological polar surface area (TPSA) is 141 Å². The fourth-order valence-corrected chi connectivity index (χ4v) is 3.92. The molecule has 43 heavy (non-hydrogen) atoms. The molecular weight excluding hydrogens is 548 g/mol. The summed E-state index contributed by atoms with van der Waals surface area (Å²) in [5, 5.41) is 0.491. The van der Waals surface area contributed by atoms with E-state index in [0.717, 1.165) is 0 Å². The number of hydrogen-bond acceptors (Lipinski definition) is 8. The van der Waals surface area contributed by atoms with Crippen molar-refractivity contribution < 1.29 is 33.6 Å². The number of Topliss-reactive ketones (excluding diaryl/α,β-unsaturated/α-hetero) is 1. The standard InChI is InChI=1S/C18H13NO5.C15H12O2.CH5N/c20-15-10-11-16(21)19(15)24-18(23)14-8-6-13(7-9-14)17(22)12-4-2-1-3-5-12;1-11(16)12-7-9-14(10-8-12)15(17)13-5-3-2-4-6-13;1-2/h1-9H,10-11H2;2-10H,1H3;2H2,1H3. The highest BCUT2D eigenvalue weighted by molar-refractivity contribution is 6.10. The zero-order valence-corrected chi connectivity index (χ0v) is 23.7. The molecule has 0 unspecified atom stereocenters. The fraction of sp³-hybridized carbons (Fsp3) is 0.118. The van der Waals surface area contributed by atoms with E-state index >= 15 is 0 Å². The van der Waals surface area contributed by atoms with E-state index in [1.165, 1.54) is 38.2 Å². The van der Waals surface area contributed by atoms with Crippen LogP contribution in [0.1, 0.15) is 72.3 Å². The first-order chi connectivity index (χ1) is 20.7. The van der Waals surface area contributed by atoms with Crippen LogP contribution in [0.15, 0.2) is 109 Å². The van der Waals surface area contributed by atoms with E-state index in [-0.39, 0.29) is 35.8 Å². The summed E-state index contributed by atoms with van der Waals surface area (Å²) in [7, 11) is 1.50. The molecule has 4 aromatic rings. The van der Waals surface area contributed by atoms with Crippen molar-refractivity contribution in [3.63, 3.8) is 0 Å². The van der Waals surface area contributed by atoms with Gasteiger partial charge in [-0.15, -0.1) is 5.06 Å². The minimum absolute atomic E-state index is 0.00344. The molecule has 5 rings (SSSR count). The van der Waals surface area contributed by atoms with Crippen molar-refractivity contribution >= 4 is 35.1 Å². The molecule has 1 saturated heterocycles. The summed E-state index contributed by atoms with van der Waals surface area (Å²) in [6.45, 7) is 1.51. The molecule has 0 aliphatic carbocycles. The number of rotatable bonds is 7. The van der Waals surface area contributed by atoms with Gasteiger partial charge in [-0.1, -0.05) is 97.1 Å². The Balaban J connectivity index is 0.000000235. The van der Waals surface area contributed by atoms with Crippen molar-refractivity contribution in [1.29, 1.82) is 0 Å². The van der Waals surface area contributed by atoms with Crippen LogP contribution in [-0.2, 0) is 14.4 Å². The third-order valence-electron chi connectivity index (χ3n) is 6.19. The largest absolute Gasteiger partial charge is 0.363 e. The maximum absolute atomic E-state index is 12.3. The number of nitrogens with zero attached hydrogens (tertiary/aromatic N) is 1. The average Bonchev–Trinajstić information content (AvgIpc) is 3.38. The lowest BCUT2D eigenvalue weighted by Gasteiger charge is -2.12. The second-order valence-corrected chi connectivity index (χ2v) is 9.06. The molecule has 0 aromatic heterocycles. The van der Waals surface area contributed by atoms with E-state index < -0.39 is 17.8 Å². The normalized spacial score (nSPS) is 11.8. The number of ketones is 3. The van der Waals surface area contributed by atoms with E-state index in [4.69, 9.17) is 4.84 Å². The number of nitrogens with two attached hydrogens (primary N) is 1. The lowest BCUT2D eigenvalue weighted by Crippen LogP contribution is -2.32. The Morgan fingerprint density at radius 2 is 0.860 bits per heavy atom. The number of carbonyl (C=O) groups is 6. The fourth-order valence-electron chi connectivity index (χ4n) is 3.92. The lowest BCUT2D eigenvalue weighted by molar-refractivity contribution is -0.172. The van der Waals surface area contributed by atoms with Crippen LogP contribution in [0.2, 0.25) is 0 Å². The molecule has 0 atom stereocenters. The molecule has 1 aliphatic heterocycles. The first kappa shape index (κ1) is 32.0. The first-order valence-corrected chi connectivity index (χ1v) is 13.3. The maximum Gasteiger partial charge on any atom is 0.363 e. The van der Waals surface area contributed by atoms with Gasteiger partial charge in [0.2, 0.25) is 0 Å². The Bertz CT molecular complexity index is 1580. The van der Waals surface area contributed by atoms with Gasteiger partial charge in [-0.3, -0.25) is 24.0 Å². The Hall–Kier alpha value is -5.54. The highest BCUT2D eigenvalue weighted by Gasteiger charge is 2.33. The third-order valence-corrected chi connectivity index (χ3v) is 6.19. The molecule has 9 nitrogen and oxygen atoms in total. The number of hydrogen-bond donors (Lipinski definition) is 1. The number of imide groups is 1. The Morgan fingerprint density at radius 1 is 0.535 bits per heavy atom. The summed E-state index contributed by atoms with van der Waals surface area (Å²) in [4.78, 5) is 75.1. The summed E-state index contributed by atoms with van der Waals surface area (Å²) < 4.78 is 0. The van der Waals surface area contributed by atoms with E-state index in [0.29, 0.717) is 32.9 Å². The Labute approximate surface area is 248 Å². The first-order valence-electron chi connectivity index (χ1n) is 13.3. The monoisotopic (exact) mass is 578 g/mol. The Morgan fingerprint density at radius 3 is 1.23 bits per heavy atom. The lowest BCUT2D eigenvalue weighted by atomic mass is 10.0. The second-order valence-electron chi connectivity index (χ2n) is 9.06. The Kier molecular flexibility index (Phi) is 11.5. The summed E-state index contributed by atoms with van der Waals surface area (Å²) >= 11 is 0. The van der Waals surface area contributed by atoms with Gasteiger partial charge < -0.3 is 10.6 Å². The zero-order valence-electron chi connectivity index (χ0n) is 23.7. The average molecular weight is 579 g/mol. The molecule has 4 aromatic carbocycles. The number of carbonyl (C=O) groups excluding carboxylic acids is 6. The molecule has 2 N–H and O–H groups in total. The summed E-state index contributed by atoms with van der Waals surface area (Å²) in [6.07, 6.45) is 0.0766. The van der Waals surface area contributed by atoms with E-state index in [1.54, 1.807) is 60.7 Å².